The third-order valence-electron chi connectivity index (χ3n) is 3.71. The number of aromatic nitrogens is 2. The third kappa shape index (κ3) is 3.59. The molecule has 2 rings (SSSR count). The average molecular weight is 341 g/mol. The van der Waals surface area contributed by atoms with E-state index in [1.54, 1.807) is 17.7 Å². The number of allylic oxidation sites excluding steroid dienone is 5. The average Bonchev–Trinajstić information content (AvgIpc) is 2.99. The maximum absolute atomic E-state index is 12.7. The quantitative estimate of drug-likeness (QED) is 0.773. The van der Waals surface area contributed by atoms with Crippen molar-refractivity contribution in [1.29, 1.82) is 0 Å². The number of methoxy groups -OCH3 is 1. The fourth-order valence-corrected chi connectivity index (χ4v) is 2.48. The van der Waals surface area contributed by atoms with Crippen LogP contribution in [0.5, 0.6) is 0 Å². The van der Waals surface area contributed by atoms with Crippen molar-refractivity contribution >= 4 is 5.91 Å². The van der Waals surface area contributed by atoms with Gasteiger partial charge < -0.3 is 9.64 Å². The second kappa shape index (κ2) is 7.04. The number of ether oxygens (including phenoxy) is 1. The molecule has 0 saturated heterocycles. The first kappa shape index (κ1) is 18.0. The number of amides is 1. The molecule has 0 aliphatic carbocycles. The highest BCUT2D eigenvalue weighted by atomic mass is 19.4. The lowest BCUT2D eigenvalue weighted by molar-refractivity contribution is -0.0881. The van der Waals surface area contributed by atoms with Gasteiger partial charge in [-0.15, -0.1) is 0 Å². The summed E-state index contributed by atoms with van der Waals surface area (Å²) in [5.41, 5.74) is -0.0956. The molecule has 5 nitrogen and oxygen atoms in total. The largest absolute Gasteiger partial charge is 0.416 e. The van der Waals surface area contributed by atoms with E-state index >= 15 is 0 Å². The summed E-state index contributed by atoms with van der Waals surface area (Å²) in [6.45, 7) is 5.36. The van der Waals surface area contributed by atoms with Crippen LogP contribution in [0.4, 0.5) is 13.2 Å². The first-order valence-corrected chi connectivity index (χ1v) is 7.22. The first-order chi connectivity index (χ1) is 11.3. The molecule has 1 unspecified atom stereocenters. The number of hydrogen-bond donors (Lipinski definition) is 0. The minimum Gasteiger partial charge on any atom is -0.382 e. The molecule has 1 atom stereocenters. The maximum Gasteiger partial charge on any atom is 0.416 e. The Morgan fingerprint density at radius 1 is 1.50 bits per heavy atom. The van der Waals surface area contributed by atoms with Crippen LogP contribution in [0.2, 0.25) is 0 Å². The lowest BCUT2D eigenvalue weighted by Gasteiger charge is -2.33. The molecule has 1 aromatic heterocycles. The summed E-state index contributed by atoms with van der Waals surface area (Å²) in [5, 5.41) is 4.12. The summed E-state index contributed by atoms with van der Waals surface area (Å²) < 4.78 is 44.9. The Hall–Kier alpha value is -2.35. The predicted octanol–water partition coefficient (Wildman–Crippen LogP) is 3.10. The van der Waals surface area contributed by atoms with Gasteiger partial charge in [0.1, 0.15) is 5.69 Å². The summed E-state index contributed by atoms with van der Waals surface area (Å²) in [7, 11) is 1.54. The summed E-state index contributed by atoms with van der Waals surface area (Å²) in [4.78, 5) is 13.9. The molecule has 0 aromatic carbocycles. The second-order valence-corrected chi connectivity index (χ2v) is 5.32. The molecule has 1 amide bonds. The van der Waals surface area contributed by atoms with Crippen molar-refractivity contribution in [3.8, 4) is 0 Å². The first-order valence-electron chi connectivity index (χ1n) is 7.22. The van der Waals surface area contributed by atoms with E-state index in [-0.39, 0.29) is 18.5 Å². The van der Waals surface area contributed by atoms with E-state index < -0.39 is 11.7 Å². The van der Waals surface area contributed by atoms with Crippen molar-refractivity contribution in [2.24, 2.45) is 0 Å². The minimum absolute atomic E-state index is 0.202. The van der Waals surface area contributed by atoms with E-state index in [1.807, 2.05) is 0 Å². The van der Waals surface area contributed by atoms with Gasteiger partial charge in [-0.05, 0) is 25.1 Å². The molecular formula is C16H18F3N3O2. The zero-order chi connectivity index (χ0) is 17.9. The highest BCUT2D eigenvalue weighted by Crippen LogP contribution is 2.27. The Bertz CT molecular complexity index is 689. The molecule has 0 N–H and O–H groups in total. The van der Waals surface area contributed by atoms with Crippen LogP contribution in [-0.2, 0) is 4.74 Å². The Kier molecular flexibility index (Phi) is 5.28. The van der Waals surface area contributed by atoms with E-state index in [4.69, 9.17) is 4.74 Å². The molecule has 24 heavy (non-hydrogen) atoms. The Morgan fingerprint density at radius 3 is 2.79 bits per heavy atom. The second-order valence-electron chi connectivity index (χ2n) is 5.32. The fourth-order valence-electron chi connectivity index (χ4n) is 2.48. The van der Waals surface area contributed by atoms with Gasteiger partial charge in [0.05, 0.1) is 24.8 Å². The number of rotatable bonds is 5. The van der Waals surface area contributed by atoms with E-state index in [9.17, 15) is 18.0 Å². The standard InChI is InChI=1S/C16H18F3N3O2/c1-4-12(16(17,18)19)6-5-11(2)21-9-13(10-24-3)22-14(15(21)23)7-8-20-22/h4-8,13H,1,9-10H2,2-3H3/b11-5+,12-6+. The van der Waals surface area contributed by atoms with Crippen LogP contribution < -0.4 is 0 Å². The van der Waals surface area contributed by atoms with Crippen LogP contribution in [0.1, 0.15) is 23.5 Å². The van der Waals surface area contributed by atoms with Gasteiger partial charge in [-0.1, -0.05) is 12.7 Å². The van der Waals surface area contributed by atoms with Gasteiger partial charge in [-0.25, -0.2) is 0 Å². The van der Waals surface area contributed by atoms with E-state index in [0.29, 0.717) is 18.0 Å². The molecule has 0 spiro atoms. The molecule has 130 valence electrons. The van der Waals surface area contributed by atoms with E-state index in [0.717, 1.165) is 12.2 Å². The number of alkyl halides is 3. The number of carbonyl (C=O) groups excluding carboxylic acids is 1. The SMILES string of the molecule is C=C/C(=C\C=C(/C)N1CC(COC)n2nccc2C1=O)C(F)(F)F. The van der Waals surface area contributed by atoms with Gasteiger partial charge in [0.25, 0.3) is 5.91 Å². The van der Waals surface area contributed by atoms with Crippen LogP contribution in [0.15, 0.2) is 48.3 Å². The summed E-state index contributed by atoms with van der Waals surface area (Å²) in [6.07, 6.45) is -0.0603. The molecular weight excluding hydrogens is 323 g/mol. The summed E-state index contributed by atoms with van der Waals surface area (Å²) in [6, 6.07) is 1.37. The topological polar surface area (TPSA) is 47.4 Å². The molecule has 1 aliphatic rings. The van der Waals surface area contributed by atoms with Crippen molar-refractivity contribution in [3.63, 3.8) is 0 Å². The number of carbonyl (C=O) groups is 1. The number of fused-ring (bicyclic) bond motifs is 1. The molecule has 0 bridgehead atoms. The monoisotopic (exact) mass is 341 g/mol. The van der Waals surface area contributed by atoms with Crippen LogP contribution >= 0.6 is 0 Å². The zero-order valence-electron chi connectivity index (χ0n) is 13.4. The molecule has 0 saturated carbocycles. The van der Waals surface area contributed by atoms with Crippen molar-refractivity contribution in [1.82, 2.24) is 14.7 Å². The number of nitrogens with zero attached hydrogens (tertiary/aromatic N) is 3. The number of hydrogen-bond acceptors (Lipinski definition) is 3. The van der Waals surface area contributed by atoms with Gasteiger partial charge in [-0.2, -0.15) is 18.3 Å². The van der Waals surface area contributed by atoms with Gasteiger partial charge in [0.2, 0.25) is 0 Å². The Balaban J connectivity index is 2.31. The molecule has 8 heteroatoms. The van der Waals surface area contributed by atoms with E-state index in [1.165, 1.54) is 24.3 Å². The molecule has 1 aliphatic heterocycles. The van der Waals surface area contributed by atoms with Crippen molar-refractivity contribution in [2.75, 3.05) is 20.3 Å². The minimum atomic E-state index is -4.48. The summed E-state index contributed by atoms with van der Waals surface area (Å²) in [5.74, 6) is -0.311. The zero-order valence-corrected chi connectivity index (χ0v) is 13.4. The molecule has 0 radical (unpaired) electrons. The van der Waals surface area contributed by atoms with Crippen LogP contribution in [0.3, 0.4) is 0 Å². The van der Waals surface area contributed by atoms with Crippen LogP contribution in [-0.4, -0.2) is 47.0 Å². The summed E-state index contributed by atoms with van der Waals surface area (Å²) >= 11 is 0. The van der Waals surface area contributed by atoms with Crippen molar-refractivity contribution < 1.29 is 22.7 Å². The van der Waals surface area contributed by atoms with Gasteiger partial charge in [-0.3, -0.25) is 9.48 Å². The highest BCUT2D eigenvalue weighted by molar-refractivity contribution is 5.94. The molecule has 1 aromatic rings. The van der Waals surface area contributed by atoms with Crippen LogP contribution in [0, 0.1) is 0 Å². The smallest absolute Gasteiger partial charge is 0.382 e. The Labute approximate surface area is 137 Å². The lowest BCUT2D eigenvalue weighted by Crippen LogP contribution is -2.43. The number of halogens is 3. The van der Waals surface area contributed by atoms with Crippen LogP contribution in [0.25, 0.3) is 0 Å². The van der Waals surface area contributed by atoms with Gasteiger partial charge in [0.15, 0.2) is 0 Å². The third-order valence-corrected chi connectivity index (χ3v) is 3.71. The predicted molar refractivity (Wildman–Crippen MR) is 82.3 cm³/mol. The van der Waals surface area contributed by atoms with Crippen molar-refractivity contribution in [3.05, 3.63) is 54.0 Å². The van der Waals surface area contributed by atoms with Gasteiger partial charge in [0, 0.05) is 19.0 Å². The van der Waals surface area contributed by atoms with E-state index in [2.05, 4.69) is 11.7 Å². The normalized spacial score (nSPS) is 19.5. The molecule has 2 heterocycles. The fraction of sp³-hybridized carbons (Fsp3) is 0.375. The maximum atomic E-state index is 12.7. The molecule has 0 fully saturated rings. The van der Waals surface area contributed by atoms with Gasteiger partial charge >= 0.3 is 6.18 Å². The lowest BCUT2D eigenvalue weighted by atomic mass is 10.1. The highest BCUT2D eigenvalue weighted by Gasteiger charge is 2.33. The Morgan fingerprint density at radius 2 is 2.21 bits per heavy atom. The van der Waals surface area contributed by atoms with Crippen molar-refractivity contribution in [2.45, 2.75) is 19.1 Å².